The van der Waals surface area contributed by atoms with Gasteiger partial charge >= 0.3 is 0 Å². The summed E-state index contributed by atoms with van der Waals surface area (Å²) in [5.41, 5.74) is 1.85. The van der Waals surface area contributed by atoms with Crippen molar-refractivity contribution >= 4 is 28.9 Å². The molecule has 3 nitrogen and oxygen atoms in total. The number of hydrogen-bond acceptors (Lipinski definition) is 3. The van der Waals surface area contributed by atoms with Crippen LogP contribution in [-0.4, -0.2) is 12.2 Å². The summed E-state index contributed by atoms with van der Waals surface area (Å²) in [5.74, 6) is 0.720. The Morgan fingerprint density at radius 3 is 2.53 bits per heavy atom. The van der Waals surface area contributed by atoms with Crippen LogP contribution in [0.1, 0.15) is 5.56 Å². The van der Waals surface area contributed by atoms with Crippen LogP contribution in [0, 0.1) is 0 Å². The molecule has 5 heteroatoms. The SMILES string of the molecule is COc1ccc(NCc2ccc(O)c(Cl)c2)cc1Cl. The first-order chi connectivity index (χ1) is 9.10. The Hall–Kier alpha value is -1.58. The lowest BCUT2D eigenvalue weighted by molar-refractivity contribution is 0.415. The van der Waals surface area contributed by atoms with Crippen LogP contribution in [0.15, 0.2) is 36.4 Å². The number of nitrogens with one attached hydrogen (secondary N) is 1. The third-order valence-corrected chi connectivity index (χ3v) is 3.26. The second kappa shape index (κ2) is 6.04. The van der Waals surface area contributed by atoms with Gasteiger partial charge in [0.1, 0.15) is 11.5 Å². The van der Waals surface area contributed by atoms with E-state index in [1.54, 1.807) is 37.4 Å². The number of halogens is 2. The van der Waals surface area contributed by atoms with Crippen molar-refractivity contribution in [3.8, 4) is 11.5 Å². The summed E-state index contributed by atoms with van der Waals surface area (Å²) in [4.78, 5) is 0. The van der Waals surface area contributed by atoms with E-state index in [2.05, 4.69) is 5.32 Å². The number of phenolic OH excluding ortho intramolecular Hbond substituents is 1. The van der Waals surface area contributed by atoms with Gasteiger partial charge < -0.3 is 15.2 Å². The Bertz CT molecular complexity index is 588. The molecule has 0 spiro atoms. The van der Waals surface area contributed by atoms with Crippen LogP contribution >= 0.6 is 23.2 Å². The predicted octanol–water partition coefficient (Wildman–Crippen LogP) is 4.32. The first-order valence-electron chi connectivity index (χ1n) is 5.65. The van der Waals surface area contributed by atoms with Crippen molar-refractivity contribution < 1.29 is 9.84 Å². The summed E-state index contributed by atoms with van der Waals surface area (Å²) < 4.78 is 5.09. The van der Waals surface area contributed by atoms with Gasteiger partial charge in [0.15, 0.2) is 0 Å². The lowest BCUT2D eigenvalue weighted by Crippen LogP contribution is -1.99. The molecule has 0 aromatic heterocycles. The van der Waals surface area contributed by atoms with E-state index in [4.69, 9.17) is 27.9 Å². The van der Waals surface area contributed by atoms with Crippen molar-refractivity contribution in [2.75, 3.05) is 12.4 Å². The summed E-state index contributed by atoms with van der Waals surface area (Å²) in [6.45, 7) is 0.586. The standard InChI is InChI=1S/C14H13Cl2NO2/c1-19-14-5-3-10(7-12(14)16)17-8-9-2-4-13(18)11(15)6-9/h2-7,17-18H,8H2,1H3. The van der Waals surface area contributed by atoms with E-state index in [9.17, 15) is 5.11 Å². The molecule has 0 saturated heterocycles. The molecule has 0 aliphatic carbocycles. The summed E-state index contributed by atoms with van der Waals surface area (Å²) in [6, 6.07) is 10.6. The van der Waals surface area contributed by atoms with Gasteiger partial charge in [-0.25, -0.2) is 0 Å². The van der Waals surface area contributed by atoms with E-state index in [1.165, 1.54) is 0 Å². The van der Waals surface area contributed by atoms with E-state index in [0.717, 1.165) is 11.3 Å². The number of phenols is 1. The minimum atomic E-state index is 0.0814. The van der Waals surface area contributed by atoms with Gasteiger partial charge in [-0.1, -0.05) is 29.3 Å². The first-order valence-corrected chi connectivity index (χ1v) is 6.40. The number of rotatable bonds is 4. The minimum absolute atomic E-state index is 0.0814. The third-order valence-electron chi connectivity index (χ3n) is 2.66. The molecule has 0 bridgehead atoms. The quantitative estimate of drug-likeness (QED) is 0.883. The molecule has 0 aliphatic rings. The summed E-state index contributed by atoms with van der Waals surface area (Å²) in [7, 11) is 1.58. The molecule has 0 radical (unpaired) electrons. The zero-order valence-electron chi connectivity index (χ0n) is 10.3. The highest BCUT2D eigenvalue weighted by atomic mass is 35.5. The first kappa shape index (κ1) is 13.8. The van der Waals surface area contributed by atoms with Gasteiger partial charge in [0.2, 0.25) is 0 Å². The number of aromatic hydroxyl groups is 1. The Balaban J connectivity index is 2.05. The molecule has 0 fully saturated rings. The zero-order chi connectivity index (χ0) is 13.8. The normalized spacial score (nSPS) is 10.3. The van der Waals surface area contributed by atoms with Gasteiger partial charge in [0.25, 0.3) is 0 Å². The molecule has 0 aliphatic heterocycles. The fourth-order valence-corrected chi connectivity index (χ4v) is 2.10. The average Bonchev–Trinajstić information content (AvgIpc) is 2.40. The molecule has 2 N–H and O–H groups in total. The average molecular weight is 298 g/mol. The zero-order valence-corrected chi connectivity index (χ0v) is 11.8. The fraction of sp³-hybridized carbons (Fsp3) is 0.143. The van der Waals surface area contributed by atoms with Gasteiger partial charge in [0.05, 0.1) is 17.2 Å². The predicted molar refractivity (Wildman–Crippen MR) is 78.4 cm³/mol. The van der Waals surface area contributed by atoms with E-state index >= 15 is 0 Å². The lowest BCUT2D eigenvalue weighted by Gasteiger charge is -2.09. The topological polar surface area (TPSA) is 41.5 Å². The Morgan fingerprint density at radius 1 is 1.11 bits per heavy atom. The lowest BCUT2D eigenvalue weighted by atomic mass is 10.2. The third kappa shape index (κ3) is 3.46. The molecule has 100 valence electrons. The Labute approximate surface area is 121 Å². The van der Waals surface area contributed by atoms with Crippen LogP contribution in [0.25, 0.3) is 0 Å². The van der Waals surface area contributed by atoms with Crippen molar-refractivity contribution in [1.29, 1.82) is 0 Å². The van der Waals surface area contributed by atoms with Gasteiger partial charge in [0, 0.05) is 12.2 Å². The van der Waals surface area contributed by atoms with Crippen molar-refractivity contribution in [3.05, 3.63) is 52.0 Å². The summed E-state index contributed by atoms with van der Waals surface area (Å²) in [5, 5.41) is 13.5. The molecular formula is C14H13Cl2NO2. The van der Waals surface area contributed by atoms with Gasteiger partial charge in [-0.15, -0.1) is 0 Å². The van der Waals surface area contributed by atoms with E-state index < -0.39 is 0 Å². The maximum absolute atomic E-state index is 9.34. The van der Waals surface area contributed by atoms with Crippen LogP contribution in [0.3, 0.4) is 0 Å². The van der Waals surface area contributed by atoms with Crippen molar-refractivity contribution in [3.63, 3.8) is 0 Å². The monoisotopic (exact) mass is 297 g/mol. The van der Waals surface area contributed by atoms with E-state index in [1.807, 2.05) is 6.07 Å². The van der Waals surface area contributed by atoms with Crippen LogP contribution < -0.4 is 10.1 Å². The molecule has 0 atom stereocenters. The number of ether oxygens (including phenoxy) is 1. The van der Waals surface area contributed by atoms with Crippen molar-refractivity contribution in [1.82, 2.24) is 0 Å². The molecule has 0 amide bonds. The Kier molecular flexibility index (Phi) is 4.40. The second-order valence-electron chi connectivity index (χ2n) is 3.99. The maximum atomic E-state index is 9.34. The van der Waals surface area contributed by atoms with Crippen LogP contribution in [0.2, 0.25) is 10.0 Å². The molecule has 0 saturated carbocycles. The van der Waals surface area contributed by atoms with E-state index in [-0.39, 0.29) is 5.75 Å². The van der Waals surface area contributed by atoms with Gasteiger partial charge in [-0.05, 0) is 35.9 Å². The molecule has 0 unspecified atom stereocenters. The van der Waals surface area contributed by atoms with Crippen molar-refractivity contribution in [2.24, 2.45) is 0 Å². The molecule has 19 heavy (non-hydrogen) atoms. The second-order valence-corrected chi connectivity index (χ2v) is 4.80. The van der Waals surface area contributed by atoms with Crippen LogP contribution in [0.4, 0.5) is 5.69 Å². The van der Waals surface area contributed by atoms with Crippen molar-refractivity contribution in [2.45, 2.75) is 6.54 Å². The van der Waals surface area contributed by atoms with E-state index in [0.29, 0.717) is 22.3 Å². The molecular weight excluding hydrogens is 285 g/mol. The number of hydrogen-bond donors (Lipinski definition) is 2. The molecule has 0 heterocycles. The summed E-state index contributed by atoms with van der Waals surface area (Å²) >= 11 is 11.9. The highest BCUT2D eigenvalue weighted by molar-refractivity contribution is 6.32. The largest absolute Gasteiger partial charge is 0.506 e. The number of anilines is 1. The smallest absolute Gasteiger partial charge is 0.137 e. The highest BCUT2D eigenvalue weighted by Crippen LogP contribution is 2.28. The van der Waals surface area contributed by atoms with Gasteiger partial charge in [-0.2, -0.15) is 0 Å². The van der Waals surface area contributed by atoms with Crippen LogP contribution in [-0.2, 0) is 6.54 Å². The molecule has 2 aromatic rings. The maximum Gasteiger partial charge on any atom is 0.137 e. The highest BCUT2D eigenvalue weighted by Gasteiger charge is 2.03. The molecule has 2 rings (SSSR count). The number of benzene rings is 2. The molecule has 2 aromatic carbocycles. The van der Waals surface area contributed by atoms with Crippen LogP contribution in [0.5, 0.6) is 11.5 Å². The Morgan fingerprint density at radius 2 is 1.89 bits per heavy atom. The summed E-state index contributed by atoms with van der Waals surface area (Å²) in [6.07, 6.45) is 0. The number of methoxy groups -OCH3 is 1. The van der Waals surface area contributed by atoms with Gasteiger partial charge in [-0.3, -0.25) is 0 Å². The fourth-order valence-electron chi connectivity index (χ4n) is 1.64. The minimum Gasteiger partial charge on any atom is -0.506 e.